The fourth-order valence-electron chi connectivity index (χ4n) is 1.46. The maximum absolute atomic E-state index is 5.76. The minimum absolute atomic E-state index is 0.609. The fourth-order valence-corrected chi connectivity index (χ4v) is 2.55. The second kappa shape index (κ2) is 4.58. The van der Waals surface area contributed by atoms with Gasteiger partial charge in [0.05, 0.1) is 5.39 Å². The van der Waals surface area contributed by atoms with E-state index in [-0.39, 0.29) is 0 Å². The van der Waals surface area contributed by atoms with Crippen molar-refractivity contribution in [3.05, 3.63) is 45.6 Å². The van der Waals surface area contributed by atoms with Crippen molar-refractivity contribution in [2.45, 2.75) is 0 Å². The van der Waals surface area contributed by atoms with Crippen LogP contribution < -0.4 is 4.74 Å². The Balaban J connectivity index is 1.99. The van der Waals surface area contributed by atoms with Gasteiger partial charge in [-0.1, -0.05) is 0 Å². The standard InChI is InChI=1S/C12H7IN2OS/c13-8-1-3-9(4-2-8)16-11-10-5-6-17-12(10)15-7-14-11/h1-7H. The molecule has 0 aliphatic rings. The Morgan fingerprint density at radius 1 is 1.06 bits per heavy atom. The van der Waals surface area contributed by atoms with E-state index in [1.54, 1.807) is 11.3 Å². The molecule has 0 spiro atoms. The molecule has 0 aliphatic heterocycles. The van der Waals surface area contributed by atoms with E-state index in [1.807, 2.05) is 35.7 Å². The van der Waals surface area contributed by atoms with Gasteiger partial charge in [-0.25, -0.2) is 9.97 Å². The molecule has 3 aromatic rings. The highest BCUT2D eigenvalue weighted by atomic mass is 127. The molecule has 3 rings (SSSR count). The van der Waals surface area contributed by atoms with Gasteiger partial charge in [0, 0.05) is 3.57 Å². The smallest absolute Gasteiger partial charge is 0.231 e. The van der Waals surface area contributed by atoms with E-state index in [0.29, 0.717) is 5.88 Å². The number of aromatic nitrogens is 2. The van der Waals surface area contributed by atoms with Crippen LogP contribution in [0.15, 0.2) is 42.0 Å². The summed E-state index contributed by atoms with van der Waals surface area (Å²) in [5.74, 6) is 1.40. The first kappa shape index (κ1) is 10.9. The molecule has 2 aromatic heterocycles. The zero-order valence-corrected chi connectivity index (χ0v) is 11.6. The molecule has 17 heavy (non-hydrogen) atoms. The molecule has 0 aliphatic carbocycles. The molecule has 0 unspecified atom stereocenters. The van der Waals surface area contributed by atoms with Gasteiger partial charge in [-0.2, -0.15) is 0 Å². The van der Waals surface area contributed by atoms with Gasteiger partial charge >= 0.3 is 0 Å². The SMILES string of the molecule is Ic1ccc(Oc2ncnc3sccc23)cc1. The van der Waals surface area contributed by atoms with Crippen molar-refractivity contribution in [1.82, 2.24) is 9.97 Å². The van der Waals surface area contributed by atoms with Gasteiger partial charge in [0.2, 0.25) is 5.88 Å². The first-order valence-corrected chi connectivity index (χ1v) is 6.90. The highest BCUT2D eigenvalue weighted by Crippen LogP contribution is 2.29. The lowest BCUT2D eigenvalue weighted by Gasteiger charge is -2.05. The molecule has 0 atom stereocenters. The van der Waals surface area contributed by atoms with Crippen molar-refractivity contribution in [3.8, 4) is 11.6 Å². The Labute approximate surface area is 116 Å². The third-order valence-corrected chi connectivity index (χ3v) is 3.79. The average molecular weight is 354 g/mol. The van der Waals surface area contributed by atoms with Crippen LogP contribution in [0.3, 0.4) is 0 Å². The Kier molecular flexibility index (Phi) is 2.94. The van der Waals surface area contributed by atoms with Gasteiger partial charge in [0.15, 0.2) is 0 Å². The molecule has 0 radical (unpaired) electrons. The molecule has 2 heterocycles. The van der Waals surface area contributed by atoms with Crippen LogP contribution in [0.25, 0.3) is 10.2 Å². The molecule has 1 aromatic carbocycles. The number of nitrogens with zero attached hydrogens (tertiary/aromatic N) is 2. The van der Waals surface area contributed by atoms with Gasteiger partial charge < -0.3 is 4.74 Å². The van der Waals surface area contributed by atoms with E-state index in [2.05, 4.69) is 32.6 Å². The van der Waals surface area contributed by atoms with Crippen molar-refractivity contribution in [2.24, 2.45) is 0 Å². The summed E-state index contributed by atoms with van der Waals surface area (Å²) in [7, 11) is 0. The summed E-state index contributed by atoms with van der Waals surface area (Å²) in [5.41, 5.74) is 0. The number of fused-ring (bicyclic) bond motifs is 1. The van der Waals surface area contributed by atoms with Gasteiger partial charge in [-0.3, -0.25) is 0 Å². The maximum Gasteiger partial charge on any atom is 0.231 e. The number of thiophene rings is 1. The number of hydrogen-bond donors (Lipinski definition) is 0. The largest absolute Gasteiger partial charge is 0.438 e. The predicted molar refractivity (Wildman–Crippen MR) is 76.6 cm³/mol. The summed E-state index contributed by atoms with van der Waals surface area (Å²) < 4.78 is 6.94. The van der Waals surface area contributed by atoms with Gasteiger partial charge in [0.1, 0.15) is 16.9 Å². The number of halogens is 1. The van der Waals surface area contributed by atoms with E-state index in [9.17, 15) is 0 Å². The summed E-state index contributed by atoms with van der Waals surface area (Å²) in [6, 6.07) is 9.84. The Morgan fingerprint density at radius 3 is 2.71 bits per heavy atom. The molecule has 0 fully saturated rings. The number of rotatable bonds is 2. The lowest BCUT2D eigenvalue weighted by molar-refractivity contribution is 0.468. The van der Waals surface area contributed by atoms with E-state index in [4.69, 9.17) is 4.74 Å². The third kappa shape index (κ3) is 2.25. The molecular formula is C12H7IN2OS. The van der Waals surface area contributed by atoms with Crippen LogP contribution in [0.5, 0.6) is 11.6 Å². The maximum atomic E-state index is 5.76. The number of hydrogen-bond acceptors (Lipinski definition) is 4. The second-order valence-electron chi connectivity index (χ2n) is 3.37. The van der Waals surface area contributed by atoms with E-state index in [0.717, 1.165) is 16.0 Å². The summed E-state index contributed by atoms with van der Waals surface area (Å²) in [6.45, 7) is 0. The second-order valence-corrected chi connectivity index (χ2v) is 5.51. The summed E-state index contributed by atoms with van der Waals surface area (Å²) in [4.78, 5) is 9.30. The Hall–Kier alpha value is -1.21. The van der Waals surface area contributed by atoms with Crippen LogP contribution in [0.4, 0.5) is 0 Å². The van der Waals surface area contributed by atoms with Gasteiger partial charge in [-0.15, -0.1) is 11.3 Å². The Bertz CT molecular complexity index is 651. The van der Waals surface area contributed by atoms with Crippen molar-refractivity contribution < 1.29 is 4.74 Å². The minimum Gasteiger partial charge on any atom is -0.438 e. The lowest BCUT2D eigenvalue weighted by atomic mass is 10.3. The first-order chi connectivity index (χ1) is 8.33. The molecular weight excluding hydrogens is 347 g/mol. The van der Waals surface area contributed by atoms with Crippen LogP contribution in [-0.2, 0) is 0 Å². The predicted octanol–water partition coefficient (Wildman–Crippen LogP) is 4.09. The highest BCUT2D eigenvalue weighted by Gasteiger charge is 2.06. The minimum atomic E-state index is 0.609. The fraction of sp³-hybridized carbons (Fsp3) is 0. The third-order valence-electron chi connectivity index (χ3n) is 2.25. The summed E-state index contributed by atoms with van der Waals surface area (Å²) in [5, 5.41) is 2.94. The molecule has 0 saturated heterocycles. The summed E-state index contributed by atoms with van der Waals surface area (Å²) >= 11 is 3.84. The Morgan fingerprint density at radius 2 is 1.88 bits per heavy atom. The van der Waals surface area contributed by atoms with Crippen molar-refractivity contribution in [1.29, 1.82) is 0 Å². The van der Waals surface area contributed by atoms with Crippen molar-refractivity contribution in [2.75, 3.05) is 0 Å². The van der Waals surface area contributed by atoms with Crippen LogP contribution >= 0.6 is 33.9 Å². The zero-order chi connectivity index (χ0) is 11.7. The van der Waals surface area contributed by atoms with Gasteiger partial charge in [0.25, 0.3) is 0 Å². The monoisotopic (exact) mass is 354 g/mol. The number of ether oxygens (including phenoxy) is 1. The van der Waals surface area contributed by atoms with Crippen molar-refractivity contribution >= 4 is 44.1 Å². The molecule has 0 N–H and O–H groups in total. The van der Waals surface area contributed by atoms with Crippen LogP contribution in [0.2, 0.25) is 0 Å². The van der Waals surface area contributed by atoms with Crippen LogP contribution in [0.1, 0.15) is 0 Å². The normalized spacial score (nSPS) is 10.6. The molecule has 5 heteroatoms. The van der Waals surface area contributed by atoms with E-state index in [1.165, 1.54) is 9.90 Å². The molecule has 0 saturated carbocycles. The average Bonchev–Trinajstić information content (AvgIpc) is 2.81. The van der Waals surface area contributed by atoms with Crippen LogP contribution in [-0.4, -0.2) is 9.97 Å². The number of benzene rings is 1. The molecule has 0 amide bonds. The van der Waals surface area contributed by atoms with Gasteiger partial charge in [-0.05, 0) is 58.3 Å². The zero-order valence-electron chi connectivity index (χ0n) is 8.63. The first-order valence-electron chi connectivity index (χ1n) is 4.94. The molecule has 84 valence electrons. The van der Waals surface area contributed by atoms with E-state index >= 15 is 0 Å². The molecule has 0 bridgehead atoms. The lowest BCUT2D eigenvalue weighted by Crippen LogP contribution is -1.89. The van der Waals surface area contributed by atoms with E-state index < -0.39 is 0 Å². The van der Waals surface area contributed by atoms with Crippen LogP contribution in [0, 0.1) is 3.57 Å². The van der Waals surface area contributed by atoms with Crippen molar-refractivity contribution in [3.63, 3.8) is 0 Å². The quantitative estimate of drug-likeness (QED) is 0.651. The summed E-state index contributed by atoms with van der Waals surface area (Å²) in [6.07, 6.45) is 1.53. The molecule has 3 nitrogen and oxygen atoms in total. The highest BCUT2D eigenvalue weighted by molar-refractivity contribution is 14.1. The topological polar surface area (TPSA) is 35.0 Å².